The fourth-order valence-corrected chi connectivity index (χ4v) is 16.0. The van der Waals surface area contributed by atoms with Crippen LogP contribution in [0.4, 0.5) is 34.3 Å². The molecule has 2 bridgehead atoms. The molecule has 6 aliphatic carbocycles. The van der Waals surface area contributed by atoms with Gasteiger partial charge in [0.15, 0.2) is 0 Å². The highest BCUT2D eigenvalue weighted by Gasteiger charge is 2.52. The summed E-state index contributed by atoms with van der Waals surface area (Å²) in [7, 11) is 0. The number of hydrogen-bond donors (Lipinski definition) is 0. The Bertz CT molecular complexity index is 3850. The van der Waals surface area contributed by atoms with E-state index in [-0.39, 0.29) is 79.8 Å². The van der Waals surface area contributed by atoms with Gasteiger partial charge in [-0.1, -0.05) is 145 Å². The molecule has 1 saturated carbocycles. The summed E-state index contributed by atoms with van der Waals surface area (Å²) >= 11 is 0. The first-order valence-corrected chi connectivity index (χ1v) is 28.3. The second kappa shape index (κ2) is 14.7. The summed E-state index contributed by atoms with van der Waals surface area (Å²) in [5.41, 5.74) is 21.3. The van der Waals surface area contributed by atoms with Gasteiger partial charge < -0.3 is 9.32 Å². The SMILES string of the molecule is [2H]c1c([2H])c([2H])c(-c2cc3c4c(c2)N(c2ccc5c(c2)C(C)(C)CCC5(C)C)c2oc5cc6c(cc5c2B4c2cc4c(cc2N3c2ccc3c(c2)C(C)(C)CCC3(C)C)C(C)(C)CCC4(C)C)C2(C)CCC6(C)CC2)c([2H])c1[2H]. The lowest BCUT2D eigenvalue weighted by Gasteiger charge is -2.52. The molecule has 3 nitrogen and oxygen atoms in total. The van der Waals surface area contributed by atoms with Crippen molar-refractivity contribution < 1.29 is 11.3 Å². The normalized spacial score (nSPS) is 26.2. The maximum absolute atomic E-state index is 9.62. The largest absolute Gasteiger partial charge is 0.440 e. The zero-order valence-electron chi connectivity index (χ0n) is 51.9. The first kappa shape index (κ1) is 41.7. The standard InChI is InChI=1S/C70H79BN2O/c1-63(2)24-26-65(5,6)49-36-44(20-22-47(49)63)72-56-40-52-51(67(9,10)28-29-68(52,11)12)39-55(56)71-60-46-38-53-54(70(14)32-30-69(53,13)31-33-70)41-59(46)74-62(60)73(45-21-23-48-50(37-45)66(7,8)27-25-64(48,3)4)58-35-43(34-57(72)61(58)71)42-18-16-15-17-19-42/h15-23,34-41H,24-33H2,1-14H3/i15D,16D,17D,18D,19D. The molecule has 0 atom stereocenters. The maximum Gasteiger partial charge on any atom is 0.257 e. The molecule has 4 heteroatoms. The van der Waals surface area contributed by atoms with Crippen molar-refractivity contribution >= 4 is 68.4 Å². The average Bonchev–Trinajstić information content (AvgIpc) is 3.17. The molecule has 1 fully saturated rings. The summed E-state index contributed by atoms with van der Waals surface area (Å²) in [6, 6.07) is 27.3. The van der Waals surface area contributed by atoms with E-state index in [0.717, 1.165) is 83.9 Å². The molecule has 15 rings (SSSR count). The van der Waals surface area contributed by atoms with Gasteiger partial charge in [-0.25, -0.2) is 0 Å². The summed E-state index contributed by atoms with van der Waals surface area (Å²) in [5, 5.41) is 1.17. The lowest BCUT2D eigenvalue weighted by Crippen LogP contribution is -2.61. The van der Waals surface area contributed by atoms with E-state index in [0.29, 0.717) is 5.56 Å². The molecule has 0 radical (unpaired) electrons. The zero-order valence-corrected chi connectivity index (χ0v) is 46.9. The van der Waals surface area contributed by atoms with E-state index >= 15 is 0 Å². The minimum atomic E-state index is -0.393. The number of nitrogens with zero attached hydrogens (tertiary/aromatic N) is 2. The highest BCUT2D eigenvalue weighted by atomic mass is 16.4. The molecule has 1 aromatic heterocycles. The molecular weight excluding hydrogens is 896 g/mol. The van der Waals surface area contributed by atoms with Gasteiger partial charge in [0, 0.05) is 39.3 Å². The van der Waals surface area contributed by atoms with Gasteiger partial charge in [0.05, 0.1) is 6.85 Å². The smallest absolute Gasteiger partial charge is 0.257 e. The molecule has 0 N–H and O–H groups in total. The van der Waals surface area contributed by atoms with Crippen molar-refractivity contribution in [2.24, 2.45) is 0 Å². The second-order valence-electron chi connectivity index (χ2n) is 29.1. The van der Waals surface area contributed by atoms with Crippen LogP contribution in [0.3, 0.4) is 0 Å². The van der Waals surface area contributed by atoms with Crippen LogP contribution >= 0.6 is 0 Å². The van der Waals surface area contributed by atoms with Gasteiger partial charge >= 0.3 is 0 Å². The zero-order chi connectivity index (χ0) is 56.0. The van der Waals surface area contributed by atoms with Crippen molar-refractivity contribution in [1.82, 2.24) is 0 Å². The predicted octanol–water partition coefficient (Wildman–Crippen LogP) is 17.3. The van der Waals surface area contributed by atoms with Crippen molar-refractivity contribution in [3.8, 4) is 11.1 Å². The lowest BCUT2D eigenvalue weighted by atomic mass is 9.33. The van der Waals surface area contributed by atoms with Crippen LogP contribution in [-0.4, -0.2) is 6.71 Å². The van der Waals surface area contributed by atoms with E-state index in [1.54, 1.807) is 0 Å². The Morgan fingerprint density at radius 3 is 1.38 bits per heavy atom. The highest BCUT2D eigenvalue weighted by Crippen LogP contribution is 2.59. The molecule has 378 valence electrons. The minimum Gasteiger partial charge on any atom is -0.440 e. The van der Waals surface area contributed by atoms with Crippen molar-refractivity contribution in [1.29, 1.82) is 0 Å². The maximum atomic E-state index is 9.62. The number of hydrogen-bond acceptors (Lipinski definition) is 3. The topological polar surface area (TPSA) is 19.6 Å². The fraction of sp³-hybridized carbons (Fsp3) is 0.457. The number of rotatable bonds is 3. The van der Waals surface area contributed by atoms with E-state index in [4.69, 9.17) is 8.53 Å². The van der Waals surface area contributed by atoms with E-state index in [9.17, 15) is 2.74 Å². The third kappa shape index (κ3) is 6.38. The molecule has 2 aliphatic heterocycles. The third-order valence-corrected chi connectivity index (χ3v) is 21.5. The van der Waals surface area contributed by atoms with Crippen LogP contribution in [0.2, 0.25) is 0 Å². The molecule has 7 aromatic rings. The van der Waals surface area contributed by atoms with Crippen molar-refractivity contribution in [2.75, 3.05) is 9.80 Å². The van der Waals surface area contributed by atoms with Crippen LogP contribution < -0.4 is 26.2 Å². The highest BCUT2D eigenvalue weighted by molar-refractivity contribution is 7.01. The summed E-state index contributed by atoms with van der Waals surface area (Å²) in [6.45, 7) is 33.6. The predicted molar refractivity (Wildman–Crippen MR) is 315 cm³/mol. The Morgan fingerprint density at radius 2 is 0.851 bits per heavy atom. The van der Waals surface area contributed by atoms with Gasteiger partial charge in [-0.3, -0.25) is 4.90 Å². The number of fused-ring (bicyclic) bond motifs is 11. The van der Waals surface area contributed by atoms with Crippen molar-refractivity contribution in [2.45, 2.75) is 204 Å². The van der Waals surface area contributed by atoms with Crippen LogP contribution in [0.5, 0.6) is 0 Å². The van der Waals surface area contributed by atoms with E-state index in [2.05, 4.69) is 180 Å². The van der Waals surface area contributed by atoms with E-state index < -0.39 is 6.04 Å². The Kier molecular flexibility index (Phi) is 8.30. The summed E-state index contributed by atoms with van der Waals surface area (Å²) in [6.07, 6.45) is 11.2. The molecule has 0 saturated heterocycles. The van der Waals surface area contributed by atoms with Crippen LogP contribution in [-0.2, 0) is 43.3 Å². The molecule has 6 aromatic carbocycles. The quantitative estimate of drug-likeness (QED) is 0.165. The van der Waals surface area contributed by atoms with Gasteiger partial charge in [0.25, 0.3) is 6.71 Å². The van der Waals surface area contributed by atoms with Gasteiger partial charge in [0.2, 0.25) is 5.88 Å². The van der Waals surface area contributed by atoms with Crippen LogP contribution in [0.25, 0.3) is 22.1 Å². The number of anilines is 6. The first-order chi connectivity index (χ1) is 36.9. The first-order valence-electron chi connectivity index (χ1n) is 30.8. The number of benzene rings is 6. The Morgan fingerprint density at radius 1 is 0.405 bits per heavy atom. The molecule has 8 aliphatic rings. The molecular formula is C70H79BN2O. The summed E-state index contributed by atoms with van der Waals surface area (Å²) < 4.78 is 53.9. The summed E-state index contributed by atoms with van der Waals surface area (Å²) in [5.74, 6) is 0.795. The Hall–Kier alpha value is -5.48. The summed E-state index contributed by atoms with van der Waals surface area (Å²) in [4.78, 5) is 4.90. The van der Waals surface area contributed by atoms with Crippen molar-refractivity contribution in [3.05, 3.63) is 148 Å². The van der Waals surface area contributed by atoms with Crippen LogP contribution in [0.15, 0.2) is 107 Å². The average molecular weight is 980 g/mol. The molecule has 0 unspecified atom stereocenters. The third-order valence-electron chi connectivity index (χ3n) is 21.5. The Labute approximate surface area is 450 Å². The lowest BCUT2D eigenvalue weighted by molar-refractivity contribution is 0.188. The number of furan rings is 1. The van der Waals surface area contributed by atoms with Gasteiger partial charge in [-0.2, -0.15) is 0 Å². The fourth-order valence-electron chi connectivity index (χ4n) is 16.0. The minimum absolute atomic E-state index is 0.00400. The van der Waals surface area contributed by atoms with E-state index in [1.165, 1.54) is 86.5 Å². The van der Waals surface area contributed by atoms with Crippen LogP contribution in [0, 0.1) is 0 Å². The van der Waals surface area contributed by atoms with E-state index in [1.807, 2.05) is 0 Å². The van der Waals surface area contributed by atoms with Crippen LogP contribution in [0.1, 0.15) is 213 Å². The monoisotopic (exact) mass is 980 g/mol. The van der Waals surface area contributed by atoms with Gasteiger partial charge in [0.1, 0.15) is 5.58 Å². The van der Waals surface area contributed by atoms with Gasteiger partial charge in [-0.15, -0.1) is 0 Å². The molecule has 0 amide bonds. The molecule has 74 heavy (non-hydrogen) atoms. The van der Waals surface area contributed by atoms with Gasteiger partial charge in [-0.05, 0) is 229 Å². The second-order valence-corrected chi connectivity index (χ2v) is 29.1. The van der Waals surface area contributed by atoms with Crippen molar-refractivity contribution in [3.63, 3.8) is 0 Å². The Balaban J connectivity index is 1.17. The molecule has 3 heterocycles. The molecule has 0 spiro atoms.